The summed E-state index contributed by atoms with van der Waals surface area (Å²) in [6.45, 7) is 1.45. The van der Waals surface area contributed by atoms with Crippen LogP contribution in [0, 0.1) is 0 Å². The third-order valence-electron chi connectivity index (χ3n) is 2.95. The van der Waals surface area contributed by atoms with Gasteiger partial charge in [0.1, 0.15) is 0 Å². The Kier molecular flexibility index (Phi) is 4.30. The summed E-state index contributed by atoms with van der Waals surface area (Å²) in [5.41, 5.74) is 6.73. The normalized spacial score (nSPS) is 12.1. The third-order valence-corrected chi connectivity index (χ3v) is 2.95. The second kappa shape index (κ2) is 6.14. The van der Waals surface area contributed by atoms with Gasteiger partial charge >= 0.3 is 5.97 Å². The Hall–Kier alpha value is -2.43. The van der Waals surface area contributed by atoms with Gasteiger partial charge in [-0.15, -0.1) is 0 Å². The van der Waals surface area contributed by atoms with Crippen molar-refractivity contribution in [2.24, 2.45) is 5.73 Å². The zero-order valence-corrected chi connectivity index (χ0v) is 11.2. The van der Waals surface area contributed by atoms with Gasteiger partial charge in [0.15, 0.2) is 6.10 Å². The average molecular weight is 272 g/mol. The first-order chi connectivity index (χ1) is 9.56. The van der Waals surface area contributed by atoms with Gasteiger partial charge in [-0.25, -0.2) is 0 Å². The summed E-state index contributed by atoms with van der Waals surface area (Å²) < 4.78 is 4.88. The molecule has 1 aromatic heterocycles. The van der Waals surface area contributed by atoms with Crippen molar-refractivity contribution >= 4 is 22.8 Å². The lowest BCUT2D eigenvalue weighted by molar-refractivity contribution is -0.153. The number of hydrogen-bond acceptors (Lipinski definition) is 4. The standard InChI is InChI=1S/C15H16N2O3/c1-10(15(16)19)20-14(18)9-8-12-7-6-11-4-2-3-5-13(11)17-12/h2-7,10H,8-9H2,1H3,(H2,16,19). The van der Waals surface area contributed by atoms with E-state index in [1.165, 1.54) is 6.92 Å². The average Bonchev–Trinajstić information content (AvgIpc) is 2.44. The van der Waals surface area contributed by atoms with Crippen LogP contribution in [0.4, 0.5) is 0 Å². The van der Waals surface area contributed by atoms with Gasteiger partial charge in [0.05, 0.1) is 11.9 Å². The monoisotopic (exact) mass is 272 g/mol. The minimum absolute atomic E-state index is 0.170. The van der Waals surface area contributed by atoms with E-state index in [2.05, 4.69) is 4.98 Å². The van der Waals surface area contributed by atoms with E-state index in [1.54, 1.807) is 0 Å². The Morgan fingerprint density at radius 3 is 2.75 bits per heavy atom. The molecule has 0 aliphatic rings. The highest BCUT2D eigenvalue weighted by Gasteiger charge is 2.14. The number of nitrogens with two attached hydrogens (primary N) is 1. The molecule has 5 heteroatoms. The highest BCUT2D eigenvalue weighted by atomic mass is 16.5. The quantitative estimate of drug-likeness (QED) is 0.838. The van der Waals surface area contributed by atoms with Gasteiger partial charge in [0.2, 0.25) is 0 Å². The number of pyridine rings is 1. The van der Waals surface area contributed by atoms with Crippen LogP contribution in [0.25, 0.3) is 10.9 Å². The molecule has 0 spiro atoms. The number of aromatic nitrogens is 1. The fourth-order valence-electron chi connectivity index (χ4n) is 1.79. The van der Waals surface area contributed by atoms with Crippen molar-refractivity contribution in [3.05, 3.63) is 42.1 Å². The largest absolute Gasteiger partial charge is 0.453 e. The summed E-state index contributed by atoms with van der Waals surface area (Å²) in [4.78, 5) is 26.8. The Morgan fingerprint density at radius 2 is 2.00 bits per heavy atom. The van der Waals surface area contributed by atoms with Crippen LogP contribution in [-0.4, -0.2) is 23.0 Å². The molecule has 20 heavy (non-hydrogen) atoms. The maximum Gasteiger partial charge on any atom is 0.306 e. The van der Waals surface area contributed by atoms with Crippen LogP contribution in [0.3, 0.4) is 0 Å². The molecule has 0 aliphatic heterocycles. The number of hydrogen-bond donors (Lipinski definition) is 1. The summed E-state index contributed by atoms with van der Waals surface area (Å²) in [5.74, 6) is -1.10. The Labute approximate surface area is 116 Å². The van der Waals surface area contributed by atoms with Gasteiger partial charge in [0.25, 0.3) is 5.91 Å². The maximum atomic E-state index is 11.5. The molecule has 2 rings (SSSR count). The zero-order chi connectivity index (χ0) is 14.5. The molecule has 0 saturated heterocycles. The molecule has 0 saturated carbocycles. The number of ether oxygens (including phenoxy) is 1. The van der Waals surface area contributed by atoms with Gasteiger partial charge in [-0.1, -0.05) is 24.3 Å². The first-order valence-corrected chi connectivity index (χ1v) is 6.40. The lowest BCUT2D eigenvalue weighted by atomic mass is 10.1. The fraction of sp³-hybridized carbons (Fsp3) is 0.267. The van der Waals surface area contributed by atoms with Gasteiger partial charge in [0, 0.05) is 17.5 Å². The lowest BCUT2D eigenvalue weighted by Gasteiger charge is -2.09. The van der Waals surface area contributed by atoms with Crippen LogP contribution in [0.1, 0.15) is 19.0 Å². The van der Waals surface area contributed by atoms with E-state index in [1.807, 2.05) is 36.4 Å². The summed E-state index contributed by atoms with van der Waals surface area (Å²) >= 11 is 0. The Morgan fingerprint density at radius 1 is 1.25 bits per heavy atom. The van der Waals surface area contributed by atoms with Crippen molar-refractivity contribution in [2.75, 3.05) is 0 Å². The number of carbonyl (C=O) groups is 2. The van der Waals surface area contributed by atoms with Crippen molar-refractivity contribution < 1.29 is 14.3 Å². The molecule has 0 fully saturated rings. The maximum absolute atomic E-state index is 11.5. The molecule has 5 nitrogen and oxygen atoms in total. The van der Waals surface area contributed by atoms with E-state index in [0.717, 1.165) is 16.6 Å². The fourth-order valence-corrected chi connectivity index (χ4v) is 1.79. The van der Waals surface area contributed by atoms with Gasteiger partial charge in [-0.05, 0) is 19.1 Å². The molecular formula is C15H16N2O3. The van der Waals surface area contributed by atoms with Crippen molar-refractivity contribution in [3.8, 4) is 0 Å². The SMILES string of the molecule is CC(OC(=O)CCc1ccc2ccccc2n1)C(N)=O. The van der Waals surface area contributed by atoms with Crippen LogP contribution in [0.2, 0.25) is 0 Å². The number of fused-ring (bicyclic) bond motifs is 1. The minimum atomic E-state index is -0.896. The molecule has 1 heterocycles. The van der Waals surface area contributed by atoms with Crippen LogP contribution >= 0.6 is 0 Å². The highest BCUT2D eigenvalue weighted by Crippen LogP contribution is 2.13. The number of amides is 1. The first kappa shape index (κ1) is 14.0. The van der Waals surface area contributed by atoms with E-state index < -0.39 is 18.0 Å². The predicted molar refractivity (Wildman–Crippen MR) is 74.8 cm³/mol. The first-order valence-electron chi connectivity index (χ1n) is 6.40. The van der Waals surface area contributed by atoms with E-state index in [0.29, 0.717) is 6.42 Å². The molecule has 0 aliphatic carbocycles. The molecular weight excluding hydrogens is 256 g/mol. The number of nitrogens with zero attached hydrogens (tertiary/aromatic N) is 1. The number of para-hydroxylation sites is 1. The van der Waals surface area contributed by atoms with Crippen LogP contribution < -0.4 is 5.73 Å². The molecule has 1 unspecified atom stereocenters. The van der Waals surface area contributed by atoms with E-state index >= 15 is 0 Å². The molecule has 1 aromatic carbocycles. The zero-order valence-electron chi connectivity index (χ0n) is 11.2. The number of esters is 1. The third kappa shape index (κ3) is 3.54. The molecule has 1 amide bonds. The molecule has 0 radical (unpaired) electrons. The highest BCUT2D eigenvalue weighted by molar-refractivity contribution is 5.82. The number of primary amides is 1. The summed E-state index contributed by atoms with van der Waals surface area (Å²) in [5, 5.41) is 1.06. The topological polar surface area (TPSA) is 82.3 Å². The van der Waals surface area contributed by atoms with Crippen molar-refractivity contribution in [1.29, 1.82) is 0 Å². The Balaban J connectivity index is 1.95. The van der Waals surface area contributed by atoms with Crippen LogP contribution in [0.5, 0.6) is 0 Å². The van der Waals surface area contributed by atoms with Crippen LogP contribution in [0.15, 0.2) is 36.4 Å². The number of benzene rings is 1. The van der Waals surface area contributed by atoms with E-state index in [-0.39, 0.29) is 6.42 Å². The van der Waals surface area contributed by atoms with Gasteiger partial charge in [-0.2, -0.15) is 0 Å². The Bertz CT molecular complexity index is 640. The number of aryl methyl sites for hydroxylation is 1. The van der Waals surface area contributed by atoms with E-state index in [9.17, 15) is 9.59 Å². The summed E-state index contributed by atoms with van der Waals surface area (Å²) in [7, 11) is 0. The van der Waals surface area contributed by atoms with Gasteiger partial charge < -0.3 is 10.5 Å². The number of carbonyl (C=O) groups excluding carboxylic acids is 2. The summed E-state index contributed by atoms with van der Waals surface area (Å²) in [6, 6.07) is 11.6. The second-order valence-corrected chi connectivity index (χ2v) is 4.53. The number of rotatable bonds is 5. The molecule has 104 valence electrons. The van der Waals surface area contributed by atoms with Crippen molar-refractivity contribution in [1.82, 2.24) is 4.98 Å². The molecule has 2 aromatic rings. The van der Waals surface area contributed by atoms with Crippen molar-refractivity contribution in [2.45, 2.75) is 25.9 Å². The minimum Gasteiger partial charge on any atom is -0.453 e. The predicted octanol–water partition coefficient (Wildman–Crippen LogP) is 1.58. The molecule has 2 N–H and O–H groups in total. The van der Waals surface area contributed by atoms with Crippen molar-refractivity contribution in [3.63, 3.8) is 0 Å². The van der Waals surface area contributed by atoms with Crippen LogP contribution in [-0.2, 0) is 20.7 Å². The molecule has 0 bridgehead atoms. The second-order valence-electron chi connectivity index (χ2n) is 4.53. The molecule has 1 atom stereocenters. The van der Waals surface area contributed by atoms with Gasteiger partial charge in [-0.3, -0.25) is 14.6 Å². The lowest BCUT2D eigenvalue weighted by Crippen LogP contribution is -2.30. The van der Waals surface area contributed by atoms with E-state index in [4.69, 9.17) is 10.5 Å². The smallest absolute Gasteiger partial charge is 0.306 e. The summed E-state index contributed by atoms with van der Waals surface area (Å²) in [6.07, 6.45) is -0.259.